The summed E-state index contributed by atoms with van der Waals surface area (Å²) in [5.41, 5.74) is -0.00756. The first kappa shape index (κ1) is 16.0. The molecule has 0 saturated carbocycles. The third kappa shape index (κ3) is 5.21. The van der Waals surface area contributed by atoms with Gasteiger partial charge in [0, 0.05) is 11.6 Å². The zero-order valence-electron chi connectivity index (χ0n) is 11.7. The lowest BCUT2D eigenvalue weighted by molar-refractivity contribution is -0.122. The van der Waals surface area contributed by atoms with Crippen molar-refractivity contribution in [3.05, 3.63) is 34.9 Å². The van der Waals surface area contributed by atoms with E-state index in [-0.39, 0.29) is 24.8 Å². The number of aliphatic hydroxyl groups is 1. The summed E-state index contributed by atoms with van der Waals surface area (Å²) >= 11 is 5.87. The van der Waals surface area contributed by atoms with E-state index >= 15 is 0 Å². The van der Waals surface area contributed by atoms with Crippen molar-refractivity contribution in [1.29, 1.82) is 0 Å². The number of carbonyl (C=O) groups is 1. The predicted octanol–water partition coefficient (Wildman–Crippen LogP) is 2.80. The van der Waals surface area contributed by atoms with Crippen LogP contribution in [0, 0.1) is 5.92 Å². The van der Waals surface area contributed by atoms with Gasteiger partial charge in [0.1, 0.15) is 0 Å². The second-order valence-corrected chi connectivity index (χ2v) is 5.69. The van der Waals surface area contributed by atoms with E-state index in [0.717, 1.165) is 12.0 Å². The molecule has 0 spiro atoms. The third-order valence-corrected chi connectivity index (χ3v) is 3.81. The summed E-state index contributed by atoms with van der Waals surface area (Å²) in [6, 6.07) is 7.23. The number of benzene rings is 1. The average Bonchev–Trinajstić information content (AvgIpc) is 2.35. The van der Waals surface area contributed by atoms with E-state index in [0.29, 0.717) is 5.02 Å². The molecule has 1 rings (SSSR count). The summed E-state index contributed by atoms with van der Waals surface area (Å²) in [4.78, 5) is 11.8. The van der Waals surface area contributed by atoms with Crippen LogP contribution in [0.15, 0.2) is 24.3 Å². The first-order valence-electron chi connectivity index (χ1n) is 6.58. The Morgan fingerprint density at radius 2 is 2.21 bits per heavy atom. The van der Waals surface area contributed by atoms with Crippen molar-refractivity contribution >= 4 is 17.5 Å². The summed E-state index contributed by atoms with van der Waals surface area (Å²) in [5.74, 6) is 0.0322. The van der Waals surface area contributed by atoms with Gasteiger partial charge in [0.2, 0.25) is 5.91 Å². The summed E-state index contributed by atoms with van der Waals surface area (Å²) in [6.45, 7) is 6.01. The van der Waals surface area contributed by atoms with Crippen LogP contribution in [0.4, 0.5) is 0 Å². The highest BCUT2D eigenvalue weighted by Crippen LogP contribution is 2.19. The van der Waals surface area contributed by atoms with Crippen molar-refractivity contribution in [3.63, 3.8) is 0 Å². The maximum absolute atomic E-state index is 11.8. The highest BCUT2D eigenvalue weighted by atomic mass is 35.5. The molecule has 0 saturated heterocycles. The first-order chi connectivity index (χ1) is 8.85. The van der Waals surface area contributed by atoms with Crippen molar-refractivity contribution in [2.24, 2.45) is 5.92 Å². The quantitative estimate of drug-likeness (QED) is 0.843. The molecule has 0 fully saturated rings. The topological polar surface area (TPSA) is 49.3 Å². The molecule has 0 bridgehead atoms. The second kappa shape index (κ2) is 6.92. The summed E-state index contributed by atoms with van der Waals surface area (Å²) in [5, 5.41) is 13.6. The number of hydrogen-bond donors (Lipinski definition) is 2. The van der Waals surface area contributed by atoms with Crippen LogP contribution in [0.1, 0.15) is 32.8 Å². The monoisotopic (exact) mass is 283 g/mol. The summed E-state index contributed by atoms with van der Waals surface area (Å²) in [7, 11) is 0. The minimum atomic E-state index is -0.876. The van der Waals surface area contributed by atoms with E-state index in [1.165, 1.54) is 0 Å². The van der Waals surface area contributed by atoms with Crippen LogP contribution in [0.25, 0.3) is 0 Å². The van der Waals surface area contributed by atoms with Gasteiger partial charge in [-0.05, 0) is 30.5 Å². The van der Waals surface area contributed by atoms with Gasteiger partial charge in [-0.25, -0.2) is 0 Å². The Morgan fingerprint density at radius 1 is 1.53 bits per heavy atom. The summed E-state index contributed by atoms with van der Waals surface area (Å²) < 4.78 is 0. The molecule has 2 N–H and O–H groups in total. The molecule has 106 valence electrons. The predicted molar refractivity (Wildman–Crippen MR) is 78.2 cm³/mol. The van der Waals surface area contributed by atoms with Gasteiger partial charge in [-0.15, -0.1) is 0 Å². The molecule has 1 amide bonds. The van der Waals surface area contributed by atoms with Gasteiger partial charge in [-0.1, -0.05) is 44.0 Å². The van der Waals surface area contributed by atoms with Crippen molar-refractivity contribution in [2.75, 3.05) is 6.54 Å². The molecule has 0 heterocycles. The van der Waals surface area contributed by atoms with Gasteiger partial charge < -0.3 is 10.4 Å². The smallest absolute Gasteiger partial charge is 0.224 e. The number of nitrogens with one attached hydrogen (secondary N) is 1. The van der Waals surface area contributed by atoms with Crippen LogP contribution >= 0.6 is 11.6 Å². The Kier molecular flexibility index (Phi) is 5.83. The highest BCUT2D eigenvalue weighted by Gasteiger charge is 2.27. The van der Waals surface area contributed by atoms with E-state index in [1.807, 2.05) is 26.0 Å². The molecule has 19 heavy (non-hydrogen) atoms. The van der Waals surface area contributed by atoms with Gasteiger partial charge in [-0.2, -0.15) is 0 Å². The van der Waals surface area contributed by atoms with Crippen LogP contribution in [-0.2, 0) is 11.2 Å². The lowest BCUT2D eigenvalue weighted by Gasteiger charge is -2.29. The van der Waals surface area contributed by atoms with Crippen LogP contribution in [0.3, 0.4) is 0 Å². The molecule has 2 unspecified atom stereocenters. The molecule has 4 heteroatoms. The molecular weight excluding hydrogens is 262 g/mol. The molecule has 0 aromatic heterocycles. The zero-order chi connectivity index (χ0) is 14.5. The molecule has 1 aromatic carbocycles. The molecule has 0 radical (unpaired) electrons. The fraction of sp³-hybridized carbons (Fsp3) is 0.533. The van der Waals surface area contributed by atoms with E-state index < -0.39 is 5.60 Å². The Labute approximate surface area is 120 Å². The number of halogens is 1. The normalized spacial score (nSPS) is 15.6. The van der Waals surface area contributed by atoms with Crippen LogP contribution in [0.2, 0.25) is 5.02 Å². The Hall–Kier alpha value is -1.06. The van der Waals surface area contributed by atoms with Crippen LogP contribution in [-0.4, -0.2) is 23.2 Å². The van der Waals surface area contributed by atoms with Gasteiger partial charge in [0.15, 0.2) is 0 Å². The number of hydrogen-bond acceptors (Lipinski definition) is 2. The van der Waals surface area contributed by atoms with E-state index in [4.69, 9.17) is 11.6 Å². The lowest BCUT2D eigenvalue weighted by Crippen LogP contribution is -2.45. The minimum absolute atomic E-state index is 0.106. The third-order valence-electron chi connectivity index (χ3n) is 3.57. The number of rotatable bonds is 6. The molecule has 3 nitrogen and oxygen atoms in total. The fourth-order valence-corrected chi connectivity index (χ4v) is 2.00. The van der Waals surface area contributed by atoms with Gasteiger partial charge in [0.25, 0.3) is 0 Å². The highest BCUT2D eigenvalue weighted by molar-refractivity contribution is 6.30. The average molecular weight is 284 g/mol. The van der Waals surface area contributed by atoms with Crippen molar-refractivity contribution in [3.8, 4) is 0 Å². The number of amides is 1. The van der Waals surface area contributed by atoms with Crippen LogP contribution in [0.5, 0.6) is 0 Å². The molecule has 0 aliphatic carbocycles. The van der Waals surface area contributed by atoms with Gasteiger partial charge >= 0.3 is 0 Å². The lowest BCUT2D eigenvalue weighted by atomic mass is 9.88. The maximum Gasteiger partial charge on any atom is 0.224 e. The van der Waals surface area contributed by atoms with Gasteiger partial charge in [-0.3, -0.25) is 4.79 Å². The molecule has 2 atom stereocenters. The minimum Gasteiger partial charge on any atom is -0.388 e. The first-order valence-corrected chi connectivity index (χ1v) is 6.96. The van der Waals surface area contributed by atoms with Crippen molar-refractivity contribution < 1.29 is 9.90 Å². The molecule has 0 aliphatic rings. The van der Waals surface area contributed by atoms with Crippen molar-refractivity contribution in [1.82, 2.24) is 5.32 Å². The van der Waals surface area contributed by atoms with Gasteiger partial charge in [0.05, 0.1) is 12.0 Å². The Balaban J connectivity index is 2.48. The number of carbonyl (C=O) groups excluding carboxylic acids is 1. The zero-order valence-corrected chi connectivity index (χ0v) is 12.5. The standard InChI is InChI=1S/C15H22ClNO2/c1-4-11(2)15(3,19)10-17-14(18)9-12-6-5-7-13(16)8-12/h5-8,11,19H,4,9-10H2,1-3H3,(H,17,18). The van der Waals surface area contributed by atoms with Crippen molar-refractivity contribution in [2.45, 2.75) is 39.2 Å². The largest absolute Gasteiger partial charge is 0.388 e. The molecular formula is C15H22ClNO2. The maximum atomic E-state index is 11.8. The van der Waals surface area contributed by atoms with E-state index in [9.17, 15) is 9.90 Å². The fourth-order valence-electron chi connectivity index (χ4n) is 1.79. The Morgan fingerprint density at radius 3 is 2.79 bits per heavy atom. The van der Waals surface area contributed by atoms with E-state index in [1.54, 1.807) is 19.1 Å². The SMILES string of the molecule is CCC(C)C(C)(O)CNC(=O)Cc1cccc(Cl)c1. The summed E-state index contributed by atoms with van der Waals surface area (Å²) in [6.07, 6.45) is 1.15. The second-order valence-electron chi connectivity index (χ2n) is 5.25. The molecule has 1 aromatic rings. The Bertz CT molecular complexity index is 432. The van der Waals surface area contributed by atoms with E-state index in [2.05, 4.69) is 5.32 Å². The molecule has 0 aliphatic heterocycles. The van der Waals surface area contributed by atoms with Crippen LogP contribution < -0.4 is 5.32 Å².